The molecular weight excluding hydrogens is 204 g/mol. The fourth-order valence-electron chi connectivity index (χ4n) is 1.16. The molecule has 0 fully saturated rings. The second kappa shape index (κ2) is 4.98. The molecule has 14 heavy (non-hydrogen) atoms. The molecule has 0 bridgehead atoms. The number of hydrogen-bond acceptors (Lipinski definition) is 2. The fraction of sp³-hybridized carbons (Fsp3) is 0.300. The van der Waals surface area contributed by atoms with E-state index in [-0.39, 0.29) is 12.8 Å². The minimum Gasteiger partial charge on any atom is -0.481 e. The molecule has 0 heterocycles. The molecule has 76 valence electrons. The Morgan fingerprint density at radius 2 is 2.07 bits per heavy atom. The average molecular weight is 215 g/mol. The predicted molar refractivity (Wildman–Crippen MR) is 53.3 cm³/mol. The number of aliphatic hydroxyl groups excluding tert-OH is 1. The number of halogens is 1. The lowest BCUT2D eigenvalue weighted by molar-refractivity contribution is -0.137. The Hall–Kier alpha value is -1.06. The molecule has 0 spiro atoms. The van der Waals surface area contributed by atoms with Gasteiger partial charge in [-0.1, -0.05) is 29.8 Å². The normalized spacial score (nSPS) is 12.4. The van der Waals surface area contributed by atoms with Crippen LogP contribution in [0.5, 0.6) is 0 Å². The number of carboxylic acid groups (broad SMARTS) is 1. The van der Waals surface area contributed by atoms with Gasteiger partial charge in [-0.25, -0.2) is 0 Å². The van der Waals surface area contributed by atoms with Gasteiger partial charge < -0.3 is 10.2 Å². The maximum absolute atomic E-state index is 10.3. The number of carbonyl (C=O) groups is 1. The molecule has 0 saturated heterocycles. The van der Waals surface area contributed by atoms with E-state index in [2.05, 4.69) is 0 Å². The Morgan fingerprint density at radius 1 is 1.43 bits per heavy atom. The molecule has 4 heteroatoms. The van der Waals surface area contributed by atoms with Gasteiger partial charge in [-0.05, 0) is 18.1 Å². The number of benzene rings is 1. The van der Waals surface area contributed by atoms with Crippen molar-refractivity contribution in [3.05, 3.63) is 34.9 Å². The van der Waals surface area contributed by atoms with Crippen molar-refractivity contribution in [3.63, 3.8) is 0 Å². The predicted octanol–water partition coefficient (Wildman–Crippen LogP) is 2.24. The van der Waals surface area contributed by atoms with Crippen LogP contribution in [0.25, 0.3) is 0 Å². The van der Waals surface area contributed by atoms with Crippen LogP contribution in [0, 0.1) is 0 Å². The Morgan fingerprint density at radius 3 is 2.64 bits per heavy atom. The molecule has 0 radical (unpaired) electrons. The van der Waals surface area contributed by atoms with Crippen molar-refractivity contribution in [3.8, 4) is 0 Å². The van der Waals surface area contributed by atoms with E-state index in [4.69, 9.17) is 16.7 Å². The van der Waals surface area contributed by atoms with Crippen LogP contribution >= 0.6 is 11.6 Å². The molecule has 1 aromatic carbocycles. The number of carboxylic acids is 1. The smallest absolute Gasteiger partial charge is 0.303 e. The van der Waals surface area contributed by atoms with E-state index in [1.807, 2.05) is 0 Å². The summed E-state index contributed by atoms with van der Waals surface area (Å²) in [6.45, 7) is 0. The van der Waals surface area contributed by atoms with E-state index in [0.29, 0.717) is 10.6 Å². The van der Waals surface area contributed by atoms with E-state index in [9.17, 15) is 9.90 Å². The zero-order chi connectivity index (χ0) is 10.6. The maximum Gasteiger partial charge on any atom is 0.303 e. The van der Waals surface area contributed by atoms with Crippen LogP contribution in [0.15, 0.2) is 24.3 Å². The van der Waals surface area contributed by atoms with Crippen LogP contribution in [0.3, 0.4) is 0 Å². The highest BCUT2D eigenvalue weighted by Crippen LogP contribution is 2.25. The highest BCUT2D eigenvalue weighted by atomic mass is 35.5. The van der Waals surface area contributed by atoms with E-state index in [1.54, 1.807) is 24.3 Å². The second-order valence-corrected chi connectivity index (χ2v) is 3.38. The zero-order valence-electron chi connectivity index (χ0n) is 7.48. The average Bonchev–Trinajstić information content (AvgIpc) is 2.15. The first-order valence-corrected chi connectivity index (χ1v) is 4.63. The van der Waals surface area contributed by atoms with Gasteiger partial charge in [0.1, 0.15) is 0 Å². The van der Waals surface area contributed by atoms with Gasteiger partial charge in [-0.3, -0.25) is 4.79 Å². The number of aliphatic hydroxyl groups is 1. The molecule has 1 rings (SSSR count). The van der Waals surface area contributed by atoms with Gasteiger partial charge in [0.05, 0.1) is 6.10 Å². The zero-order valence-corrected chi connectivity index (χ0v) is 8.24. The number of rotatable bonds is 4. The molecule has 3 nitrogen and oxygen atoms in total. The Bertz CT molecular complexity index is 325. The van der Waals surface area contributed by atoms with Crippen molar-refractivity contribution in [2.75, 3.05) is 0 Å². The van der Waals surface area contributed by atoms with Crippen molar-refractivity contribution < 1.29 is 15.0 Å². The van der Waals surface area contributed by atoms with Crippen LogP contribution in [-0.2, 0) is 4.79 Å². The van der Waals surface area contributed by atoms with Crippen molar-refractivity contribution in [2.45, 2.75) is 18.9 Å². The highest BCUT2D eigenvalue weighted by Gasteiger charge is 2.12. The molecule has 1 aromatic rings. The summed E-state index contributed by atoms with van der Waals surface area (Å²) in [6.07, 6.45) is -0.689. The third kappa shape index (κ3) is 3.01. The number of aliphatic carboxylic acids is 1. The Labute approximate surface area is 86.9 Å². The molecule has 0 aliphatic heterocycles. The van der Waals surface area contributed by atoms with E-state index >= 15 is 0 Å². The molecule has 0 aliphatic carbocycles. The van der Waals surface area contributed by atoms with Crippen molar-refractivity contribution in [2.24, 2.45) is 0 Å². The summed E-state index contributed by atoms with van der Waals surface area (Å²) in [5, 5.41) is 18.5. The Balaban J connectivity index is 2.65. The van der Waals surface area contributed by atoms with E-state index in [0.717, 1.165) is 0 Å². The largest absolute Gasteiger partial charge is 0.481 e. The molecule has 1 unspecified atom stereocenters. The highest BCUT2D eigenvalue weighted by molar-refractivity contribution is 6.31. The molecule has 0 amide bonds. The van der Waals surface area contributed by atoms with Gasteiger partial charge >= 0.3 is 5.97 Å². The quantitative estimate of drug-likeness (QED) is 0.808. The SMILES string of the molecule is O=C(O)CCC(O)c1ccccc1Cl. The van der Waals surface area contributed by atoms with Gasteiger partial charge in [0.2, 0.25) is 0 Å². The van der Waals surface area contributed by atoms with Crippen LogP contribution in [0.4, 0.5) is 0 Å². The van der Waals surface area contributed by atoms with E-state index in [1.165, 1.54) is 0 Å². The lowest BCUT2D eigenvalue weighted by atomic mass is 10.1. The van der Waals surface area contributed by atoms with E-state index < -0.39 is 12.1 Å². The van der Waals surface area contributed by atoms with Crippen molar-refractivity contribution >= 4 is 17.6 Å². The summed E-state index contributed by atoms with van der Waals surface area (Å²) in [6, 6.07) is 6.87. The first-order valence-electron chi connectivity index (χ1n) is 4.25. The Kier molecular flexibility index (Phi) is 3.92. The van der Waals surface area contributed by atoms with Crippen LogP contribution in [-0.4, -0.2) is 16.2 Å². The molecular formula is C10H11ClO3. The van der Waals surface area contributed by atoms with Crippen molar-refractivity contribution in [1.82, 2.24) is 0 Å². The third-order valence-electron chi connectivity index (χ3n) is 1.90. The summed E-state index contributed by atoms with van der Waals surface area (Å²) in [7, 11) is 0. The summed E-state index contributed by atoms with van der Waals surface area (Å²) in [5.74, 6) is -0.920. The first kappa shape index (κ1) is 11.0. The molecule has 0 saturated carbocycles. The maximum atomic E-state index is 10.3. The van der Waals surface area contributed by atoms with Crippen LogP contribution in [0.1, 0.15) is 24.5 Å². The molecule has 0 aliphatic rings. The molecule has 2 N–H and O–H groups in total. The standard InChI is InChI=1S/C10H11ClO3/c11-8-4-2-1-3-7(8)9(12)5-6-10(13)14/h1-4,9,12H,5-6H2,(H,13,14). The van der Waals surface area contributed by atoms with Crippen LogP contribution < -0.4 is 0 Å². The minimum atomic E-state index is -0.920. The summed E-state index contributed by atoms with van der Waals surface area (Å²) >= 11 is 5.83. The van der Waals surface area contributed by atoms with Gasteiger partial charge in [-0.2, -0.15) is 0 Å². The third-order valence-corrected chi connectivity index (χ3v) is 2.24. The van der Waals surface area contributed by atoms with Crippen LogP contribution in [0.2, 0.25) is 5.02 Å². The minimum absolute atomic E-state index is 0.0631. The lowest BCUT2D eigenvalue weighted by Crippen LogP contribution is -2.02. The summed E-state index contributed by atoms with van der Waals surface area (Å²) < 4.78 is 0. The van der Waals surface area contributed by atoms with Gasteiger partial charge in [0.25, 0.3) is 0 Å². The first-order chi connectivity index (χ1) is 6.61. The van der Waals surface area contributed by atoms with Gasteiger partial charge in [-0.15, -0.1) is 0 Å². The lowest BCUT2D eigenvalue weighted by Gasteiger charge is -2.10. The topological polar surface area (TPSA) is 57.5 Å². The summed E-state index contributed by atoms with van der Waals surface area (Å²) in [4.78, 5) is 10.3. The van der Waals surface area contributed by atoms with Crippen molar-refractivity contribution in [1.29, 1.82) is 0 Å². The summed E-state index contributed by atoms with van der Waals surface area (Å²) in [5.41, 5.74) is 0.579. The second-order valence-electron chi connectivity index (χ2n) is 2.97. The fourth-order valence-corrected chi connectivity index (χ4v) is 1.42. The molecule has 0 aromatic heterocycles. The molecule has 1 atom stereocenters. The number of hydrogen-bond donors (Lipinski definition) is 2. The van der Waals surface area contributed by atoms with Gasteiger partial charge in [0, 0.05) is 11.4 Å². The monoisotopic (exact) mass is 214 g/mol. The van der Waals surface area contributed by atoms with Gasteiger partial charge in [0.15, 0.2) is 0 Å².